The minimum Gasteiger partial charge on any atom is -0.353 e. The topological polar surface area (TPSA) is 45.6 Å². The lowest BCUT2D eigenvalue weighted by Crippen LogP contribution is -2.45. The lowest BCUT2D eigenvalue weighted by Gasteiger charge is -2.27. The fraction of sp³-hybridized carbons (Fsp3) is 0.500. The molecular formula is C16H21Cl2N3O2. The number of hydrogen-bond acceptors (Lipinski definition) is 2. The molecule has 0 spiro atoms. The van der Waals surface area contributed by atoms with Crippen LogP contribution in [0, 0.1) is 0 Å². The molecule has 0 unspecified atom stereocenters. The maximum absolute atomic E-state index is 12.7. The predicted molar refractivity (Wildman–Crippen MR) is 91.3 cm³/mol. The summed E-state index contributed by atoms with van der Waals surface area (Å²) in [5, 5.41) is 0. The van der Waals surface area contributed by atoms with Gasteiger partial charge in [-0.05, 0) is 25.0 Å². The van der Waals surface area contributed by atoms with Crippen LogP contribution in [0.5, 0.6) is 0 Å². The number of alkyl halides is 2. The Kier molecular flexibility index (Phi) is 6.13. The van der Waals surface area contributed by atoms with E-state index in [-0.39, 0.29) is 25.0 Å². The molecule has 1 heterocycles. The number of carbonyl (C=O) groups is 2. The van der Waals surface area contributed by atoms with E-state index in [1.54, 1.807) is 6.08 Å². The van der Waals surface area contributed by atoms with Crippen LogP contribution in [0.15, 0.2) is 31.0 Å². The maximum Gasteiger partial charge on any atom is 0.256 e. The molecule has 0 saturated heterocycles. The van der Waals surface area contributed by atoms with E-state index in [0.29, 0.717) is 6.54 Å². The summed E-state index contributed by atoms with van der Waals surface area (Å²) in [6.45, 7) is 4.34. The van der Waals surface area contributed by atoms with Gasteiger partial charge in [0, 0.05) is 31.5 Å². The number of amides is 2. The normalized spacial score (nSPS) is 13.9. The second kappa shape index (κ2) is 7.88. The standard InChI is InChI=1S/C16H21Cl2N3O2/c1-3-8-20(16(23)15(17)18)11-14(22)21(12-6-7-12)10-13-5-4-9-19(13)2/h3-5,9,12,15H,1,6-8,10-11H2,2H3. The zero-order valence-electron chi connectivity index (χ0n) is 13.1. The van der Waals surface area contributed by atoms with Crippen LogP contribution in [0.25, 0.3) is 0 Å². The highest BCUT2D eigenvalue weighted by atomic mass is 35.5. The summed E-state index contributed by atoms with van der Waals surface area (Å²) in [5.41, 5.74) is 1.06. The van der Waals surface area contributed by atoms with E-state index in [9.17, 15) is 9.59 Å². The van der Waals surface area contributed by atoms with Crippen LogP contribution in [-0.4, -0.2) is 50.1 Å². The summed E-state index contributed by atoms with van der Waals surface area (Å²) >= 11 is 11.3. The van der Waals surface area contributed by atoms with Crippen molar-refractivity contribution in [2.24, 2.45) is 7.05 Å². The van der Waals surface area contributed by atoms with Gasteiger partial charge in [-0.1, -0.05) is 29.3 Å². The first-order valence-corrected chi connectivity index (χ1v) is 8.38. The van der Waals surface area contributed by atoms with Crippen LogP contribution >= 0.6 is 23.2 Å². The predicted octanol–water partition coefficient (Wildman–Crippen LogP) is 2.33. The van der Waals surface area contributed by atoms with Crippen LogP contribution in [0.2, 0.25) is 0 Å². The molecular weight excluding hydrogens is 337 g/mol. The van der Waals surface area contributed by atoms with Gasteiger partial charge < -0.3 is 14.4 Å². The summed E-state index contributed by atoms with van der Waals surface area (Å²) < 4.78 is 1.99. The number of aryl methyl sites for hydroxylation is 1. The summed E-state index contributed by atoms with van der Waals surface area (Å²) in [7, 11) is 1.95. The quantitative estimate of drug-likeness (QED) is 0.529. The Labute approximate surface area is 146 Å². The molecule has 1 fully saturated rings. The molecule has 0 N–H and O–H groups in total. The second-order valence-corrected chi connectivity index (χ2v) is 6.77. The average Bonchev–Trinajstić information content (AvgIpc) is 3.26. The Bertz CT molecular complexity index is 582. The van der Waals surface area contributed by atoms with Gasteiger partial charge in [-0.3, -0.25) is 9.59 Å². The molecule has 0 atom stereocenters. The zero-order valence-corrected chi connectivity index (χ0v) is 14.6. The van der Waals surface area contributed by atoms with E-state index in [2.05, 4.69) is 6.58 Å². The fourth-order valence-electron chi connectivity index (χ4n) is 2.42. The molecule has 1 aromatic rings. The van der Waals surface area contributed by atoms with Crippen LogP contribution < -0.4 is 0 Å². The number of aromatic nitrogens is 1. The van der Waals surface area contributed by atoms with E-state index < -0.39 is 10.7 Å². The molecule has 2 amide bonds. The van der Waals surface area contributed by atoms with Gasteiger partial charge >= 0.3 is 0 Å². The first kappa shape index (κ1) is 17.9. The van der Waals surface area contributed by atoms with Crippen molar-refractivity contribution in [3.63, 3.8) is 0 Å². The van der Waals surface area contributed by atoms with E-state index >= 15 is 0 Å². The minimum atomic E-state index is -1.18. The van der Waals surface area contributed by atoms with Crippen molar-refractivity contribution in [1.29, 1.82) is 0 Å². The Morgan fingerprint density at radius 1 is 1.48 bits per heavy atom. The molecule has 126 valence electrons. The highest BCUT2D eigenvalue weighted by Gasteiger charge is 2.34. The molecule has 23 heavy (non-hydrogen) atoms. The monoisotopic (exact) mass is 357 g/mol. The van der Waals surface area contributed by atoms with Gasteiger partial charge in [0.05, 0.1) is 6.54 Å². The van der Waals surface area contributed by atoms with Crippen molar-refractivity contribution < 1.29 is 9.59 Å². The van der Waals surface area contributed by atoms with E-state index in [1.165, 1.54) is 4.90 Å². The number of nitrogens with zero attached hydrogens (tertiary/aromatic N) is 3. The molecule has 2 rings (SSSR count). The third kappa shape index (κ3) is 4.75. The highest BCUT2D eigenvalue weighted by molar-refractivity contribution is 6.53. The summed E-state index contributed by atoms with van der Waals surface area (Å²) in [6.07, 6.45) is 5.50. The average molecular weight is 358 g/mol. The smallest absolute Gasteiger partial charge is 0.256 e. The molecule has 1 aromatic heterocycles. The fourth-order valence-corrected chi connectivity index (χ4v) is 2.70. The van der Waals surface area contributed by atoms with Gasteiger partial charge in [-0.25, -0.2) is 0 Å². The molecule has 1 aliphatic rings. The Hall–Kier alpha value is -1.46. The van der Waals surface area contributed by atoms with Gasteiger partial charge in [0.2, 0.25) is 5.91 Å². The van der Waals surface area contributed by atoms with E-state index in [1.807, 2.05) is 34.8 Å². The Balaban J connectivity index is 2.06. The number of hydrogen-bond donors (Lipinski definition) is 0. The number of carbonyl (C=O) groups excluding carboxylic acids is 2. The molecule has 5 nitrogen and oxygen atoms in total. The third-order valence-electron chi connectivity index (χ3n) is 3.87. The molecule has 0 bridgehead atoms. The Morgan fingerprint density at radius 2 is 2.17 bits per heavy atom. The van der Waals surface area contributed by atoms with Crippen molar-refractivity contribution in [2.45, 2.75) is 30.3 Å². The van der Waals surface area contributed by atoms with Gasteiger partial charge in [-0.2, -0.15) is 0 Å². The highest BCUT2D eigenvalue weighted by Crippen LogP contribution is 2.28. The third-order valence-corrected chi connectivity index (χ3v) is 4.24. The van der Waals surface area contributed by atoms with E-state index in [0.717, 1.165) is 18.5 Å². The van der Waals surface area contributed by atoms with Crippen molar-refractivity contribution >= 4 is 35.0 Å². The van der Waals surface area contributed by atoms with Gasteiger partial charge in [0.1, 0.15) is 6.54 Å². The number of halogens is 2. The van der Waals surface area contributed by atoms with Crippen LogP contribution in [-0.2, 0) is 23.2 Å². The van der Waals surface area contributed by atoms with E-state index in [4.69, 9.17) is 23.2 Å². The van der Waals surface area contributed by atoms with Crippen LogP contribution in [0.1, 0.15) is 18.5 Å². The van der Waals surface area contributed by atoms with Crippen molar-refractivity contribution in [3.05, 3.63) is 36.7 Å². The van der Waals surface area contributed by atoms with Crippen molar-refractivity contribution in [3.8, 4) is 0 Å². The minimum absolute atomic E-state index is 0.0400. The second-order valence-electron chi connectivity index (χ2n) is 5.67. The molecule has 0 radical (unpaired) electrons. The molecule has 1 saturated carbocycles. The molecule has 0 aromatic carbocycles. The maximum atomic E-state index is 12.7. The van der Waals surface area contributed by atoms with Crippen molar-refractivity contribution in [1.82, 2.24) is 14.4 Å². The van der Waals surface area contributed by atoms with Crippen LogP contribution in [0.4, 0.5) is 0 Å². The summed E-state index contributed by atoms with van der Waals surface area (Å²) in [4.78, 5) is 26.7. The van der Waals surface area contributed by atoms with Gasteiger partial charge in [0.15, 0.2) is 4.84 Å². The number of rotatable bonds is 8. The summed E-state index contributed by atoms with van der Waals surface area (Å²) in [6, 6.07) is 4.19. The molecule has 7 heteroatoms. The first-order chi connectivity index (χ1) is 10.9. The first-order valence-electron chi connectivity index (χ1n) is 7.51. The van der Waals surface area contributed by atoms with Gasteiger partial charge in [-0.15, -0.1) is 6.58 Å². The zero-order chi connectivity index (χ0) is 17.0. The lowest BCUT2D eigenvalue weighted by atomic mass is 10.3. The SMILES string of the molecule is C=CCN(CC(=O)N(Cc1cccn1C)C1CC1)C(=O)C(Cl)Cl. The summed E-state index contributed by atoms with van der Waals surface area (Å²) in [5.74, 6) is -0.575. The van der Waals surface area contributed by atoms with Gasteiger partial charge in [0.25, 0.3) is 5.91 Å². The largest absolute Gasteiger partial charge is 0.353 e. The lowest BCUT2D eigenvalue weighted by molar-refractivity contribution is -0.140. The van der Waals surface area contributed by atoms with Crippen molar-refractivity contribution in [2.75, 3.05) is 13.1 Å². The molecule has 0 aliphatic heterocycles. The van der Waals surface area contributed by atoms with Crippen LogP contribution in [0.3, 0.4) is 0 Å². The Morgan fingerprint density at radius 3 is 2.65 bits per heavy atom. The molecule has 1 aliphatic carbocycles.